The Morgan fingerprint density at radius 1 is 1.62 bits per heavy atom. The summed E-state index contributed by atoms with van der Waals surface area (Å²) < 4.78 is 0. The average molecular weight is 195 g/mol. The van der Waals surface area contributed by atoms with Crippen molar-refractivity contribution in [2.75, 3.05) is 0 Å². The number of halogens is 1. The molecule has 0 unspecified atom stereocenters. The number of pyridine rings is 1. The van der Waals surface area contributed by atoms with Crippen molar-refractivity contribution < 1.29 is 4.79 Å². The van der Waals surface area contributed by atoms with Crippen LogP contribution in [0.3, 0.4) is 0 Å². The minimum Gasteiger partial charge on any atom is -0.344 e. The topological polar surface area (TPSA) is 71.0 Å². The lowest BCUT2D eigenvalue weighted by Crippen LogP contribution is -1.78. The van der Waals surface area contributed by atoms with Crippen molar-refractivity contribution in [3.63, 3.8) is 0 Å². The van der Waals surface area contributed by atoms with Crippen molar-refractivity contribution in [2.45, 2.75) is 0 Å². The monoisotopic (exact) mass is 194 g/mol. The third-order valence-electron chi connectivity index (χ3n) is 1.51. The number of nitrogens with one attached hydrogen (secondary N) is 1. The maximum atomic E-state index is 9.96. The zero-order valence-corrected chi connectivity index (χ0v) is 7.04. The van der Waals surface area contributed by atoms with E-state index in [0.717, 1.165) is 0 Å². The van der Waals surface area contributed by atoms with Crippen LogP contribution in [0.15, 0.2) is 17.4 Å². The summed E-state index contributed by atoms with van der Waals surface area (Å²) in [7, 11) is 0. The molecular weight excluding hydrogens is 192 g/mol. The predicted octanol–water partition coefficient (Wildman–Crippen LogP) is 1.58. The molecule has 0 atom stereocenters. The lowest BCUT2D eigenvalue weighted by atomic mass is 10.4. The molecule has 1 N–H and O–H groups in total. The van der Waals surface area contributed by atoms with Crippen LogP contribution < -0.4 is 0 Å². The molecule has 64 valence electrons. The number of hydrogen-bond donors (Lipinski definition) is 1. The lowest BCUT2D eigenvalue weighted by molar-refractivity contribution is 0.565. The zero-order chi connectivity index (χ0) is 9.26. The number of isocyanates is 1. The van der Waals surface area contributed by atoms with Crippen molar-refractivity contribution in [1.82, 2.24) is 15.0 Å². The van der Waals surface area contributed by atoms with Crippen LogP contribution in [0.1, 0.15) is 0 Å². The number of aromatic nitrogens is 3. The third kappa shape index (κ3) is 1.30. The molecule has 0 aliphatic heterocycles. The number of fused-ring (bicyclic) bond motifs is 1. The maximum Gasteiger partial charge on any atom is 0.242 e. The highest BCUT2D eigenvalue weighted by atomic mass is 35.5. The summed E-state index contributed by atoms with van der Waals surface area (Å²) >= 11 is 5.76. The molecule has 2 aromatic rings. The number of H-pyrrole nitrogens is 1. The summed E-state index contributed by atoms with van der Waals surface area (Å²) in [5, 5.41) is 0.216. The Morgan fingerprint density at radius 3 is 3.23 bits per heavy atom. The van der Waals surface area contributed by atoms with Gasteiger partial charge in [-0.05, 0) is 0 Å². The highest BCUT2D eigenvalue weighted by Crippen LogP contribution is 2.22. The Balaban J connectivity index is 2.76. The van der Waals surface area contributed by atoms with Gasteiger partial charge in [0.25, 0.3) is 0 Å². The SMILES string of the molecule is O=C=Nc1cc2[nH]cnc2c(Cl)n1. The number of nitrogens with zero attached hydrogens (tertiary/aromatic N) is 3. The summed E-state index contributed by atoms with van der Waals surface area (Å²) in [6, 6.07) is 1.57. The lowest BCUT2D eigenvalue weighted by Gasteiger charge is -1.92. The van der Waals surface area contributed by atoms with Gasteiger partial charge in [-0.3, -0.25) is 0 Å². The first-order valence-corrected chi connectivity index (χ1v) is 3.76. The normalized spacial score (nSPS) is 9.92. The third-order valence-corrected chi connectivity index (χ3v) is 1.77. The molecule has 0 radical (unpaired) electrons. The first-order valence-electron chi connectivity index (χ1n) is 3.39. The van der Waals surface area contributed by atoms with Crippen molar-refractivity contribution in [3.8, 4) is 0 Å². The molecule has 13 heavy (non-hydrogen) atoms. The van der Waals surface area contributed by atoms with E-state index in [9.17, 15) is 4.79 Å². The fourth-order valence-electron chi connectivity index (χ4n) is 0.998. The number of aromatic amines is 1. The molecule has 2 aromatic heterocycles. The zero-order valence-electron chi connectivity index (χ0n) is 6.28. The molecule has 2 heterocycles. The summed E-state index contributed by atoms with van der Waals surface area (Å²) in [6.45, 7) is 0. The Hall–Kier alpha value is -1.71. The minimum atomic E-state index is 0.216. The van der Waals surface area contributed by atoms with Gasteiger partial charge in [-0.15, -0.1) is 4.99 Å². The van der Waals surface area contributed by atoms with E-state index in [4.69, 9.17) is 11.6 Å². The summed E-state index contributed by atoms with van der Waals surface area (Å²) in [4.78, 5) is 23.9. The second kappa shape index (κ2) is 2.97. The van der Waals surface area contributed by atoms with E-state index in [1.165, 1.54) is 12.4 Å². The van der Waals surface area contributed by atoms with Crippen LogP contribution in [0.4, 0.5) is 5.82 Å². The largest absolute Gasteiger partial charge is 0.344 e. The summed E-state index contributed by atoms with van der Waals surface area (Å²) in [5.74, 6) is 0.219. The fourth-order valence-corrected chi connectivity index (χ4v) is 1.23. The van der Waals surface area contributed by atoms with Crippen LogP contribution in [-0.4, -0.2) is 21.0 Å². The number of carbonyl (C=O) groups excluding carboxylic acids is 1. The molecule has 0 aromatic carbocycles. The van der Waals surface area contributed by atoms with Gasteiger partial charge in [0.2, 0.25) is 6.08 Å². The van der Waals surface area contributed by atoms with E-state index in [-0.39, 0.29) is 11.0 Å². The Morgan fingerprint density at radius 2 is 2.46 bits per heavy atom. The molecule has 2 rings (SSSR count). The van der Waals surface area contributed by atoms with Gasteiger partial charge in [0.1, 0.15) is 5.52 Å². The highest BCUT2D eigenvalue weighted by molar-refractivity contribution is 6.33. The first-order chi connectivity index (χ1) is 6.31. The van der Waals surface area contributed by atoms with Gasteiger partial charge in [-0.2, -0.15) is 0 Å². The molecule has 0 bridgehead atoms. The minimum absolute atomic E-state index is 0.216. The van der Waals surface area contributed by atoms with Crippen LogP contribution in [0.2, 0.25) is 5.15 Å². The van der Waals surface area contributed by atoms with E-state index in [1.54, 1.807) is 6.07 Å². The van der Waals surface area contributed by atoms with Crippen LogP contribution in [-0.2, 0) is 4.79 Å². The number of rotatable bonds is 1. The molecule has 0 saturated heterocycles. The molecule has 6 heteroatoms. The van der Waals surface area contributed by atoms with Gasteiger partial charge in [-0.1, -0.05) is 11.6 Å². The number of hydrogen-bond acceptors (Lipinski definition) is 4. The van der Waals surface area contributed by atoms with E-state index in [0.29, 0.717) is 11.0 Å². The van der Waals surface area contributed by atoms with Crippen LogP contribution in [0.25, 0.3) is 11.0 Å². The van der Waals surface area contributed by atoms with Gasteiger partial charge < -0.3 is 4.98 Å². The van der Waals surface area contributed by atoms with Crippen LogP contribution in [0.5, 0.6) is 0 Å². The highest BCUT2D eigenvalue weighted by Gasteiger charge is 2.04. The Labute approximate surface area is 77.5 Å². The quantitative estimate of drug-likeness (QED) is 0.426. The van der Waals surface area contributed by atoms with Crippen LogP contribution >= 0.6 is 11.6 Å². The second-order valence-corrected chi connectivity index (χ2v) is 2.63. The molecule has 0 spiro atoms. The Kier molecular flexibility index (Phi) is 1.81. The molecule has 5 nitrogen and oxygen atoms in total. The molecule has 0 saturated carbocycles. The standard InChI is InChI=1S/C7H3ClN4O/c8-7-6-4(9-2-10-6)1-5(12-7)11-3-13/h1-2H,(H,9,10). The average Bonchev–Trinajstić information content (AvgIpc) is 2.53. The molecule has 0 aliphatic carbocycles. The van der Waals surface area contributed by atoms with E-state index < -0.39 is 0 Å². The van der Waals surface area contributed by atoms with Crippen molar-refractivity contribution >= 4 is 34.5 Å². The van der Waals surface area contributed by atoms with Gasteiger partial charge in [0.05, 0.1) is 11.8 Å². The molecule has 0 aliphatic rings. The number of imidazole rings is 1. The maximum absolute atomic E-state index is 9.96. The van der Waals surface area contributed by atoms with Crippen molar-refractivity contribution in [1.29, 1.82) is 0 Å². The summed E-state index contributed by atoms with van der Waals surface area (Å²) in [5.41, 5.74) is 1.25. The fraction of sp³-hybridized carbons (Fsp3) is 0. The summed E-state index contributed by atoms with van der Waals surface area (Å²) in [6.07, 6.45) is 2.88. The van der Waals surface area contributed by atoms with Gasteiger partial charge in [0, 0.05) is 6.07 Å². The first kappa shape index (κ1) is 7.91. The Bertz CT molecular complexity index is 500. The van der Waals surface area contributed by atoms with Crippen molar-refractivity contribution in [2.24, 2.45) is 4.99 Å². The smallest absolute Gasteiger partial charge is 0.242 e. The van der Waals surface area contributed by atoms with Gasteiger partial charge in [0.15, 0.2) is 11.0 Å². The van der Waals surface area contributed by atoms with Crippen LogP contribution in [0, 0.1) is 0 Å². The second-order valence-electron chi connectivity index (χ2n) is 2.27. The van der Waals surface area contributed by atoms with Crippen molar-refractivity contribution in [3.05, 3.63) is 17.5 Å². The van der Waals surface area contributed by atoms with E-state index in [1.807, 2.05) is 0 Å². The van der Waals surface area contributed by atoms with E-state index in [2.05, 4.69) is 19.9 Å². The molecular formula is C7H3ClN4O. The molecule has 0 amide bonds. The number of aliphatic imine (C=N–C) groups is 1. The molecule has 0 fully saturated rings. The predicted molar refractivity (Wildman–Crippen MR) is 46.7 cm³/mol. The van der Waals surface area contributed by atoms with Gasteiger partial charge >= 0.3 is 0 Å². The van der Waals surface area contributed by atoms with Gasteiger partial charge in [-0.25, -0.2) is 14.8 Å². The van der Waals surface area contributed by atoms with E-state index >= 15 is 0 Å².